The van der Waals surface area contributed by atoms with Crippen molar-refractivity contribution in [1.82, 2.24) is 15.4 Å². The first kappa shape index (κ1) is 19.6. The van der Waals surface area contributed by atoms with E-state index in [-0.39, 0.29) is 17.3 Å². The van der Waals surface area contributed by atoms with Gasteiger partial charge in [0.1, 0.15) is 11.4 Å². The van der Waals surface area contributed by atoms with Crippen molar-refractivity contribution in [2.45, 2.75) is 15.8 Å². The minimum Gasteiger partial charge on any atom is -0.272 e. The van der Waals surface area contributed by atoms with Crippen molar-refractivity contribution < 1.29 is 14.5 Å². The van der Waals surface area contributed by atoms with Gasteiger partial charge in [0.15, 0.2) is 4.34 Å². The van der Waals surface area contributed by atoms with Gasteiger partial charge in [-0.2, -0.15) is 0 Å². The SMILES string of the molecule is O=C(CSc1nc2ccccc2s1)NN1C(=O)C(Cl)C1c1ccc([N+](=O)[O-])cc1. The number of halogens is 1. The number of para-hydroxylation sites is 1. The topological polar surface area (TPSA) is 105 Å². The summed E-state index contributed by atoms with van der Waals surface area (Å²) >= 11 is 8.89. The number of nitro groups is 1. The van der Waals surface area contributed by atoms with E-state index in [1.807, 2.05) is 24.3 Å². The molecule has 1 aliphatic heterocycles. The fourth-order valence-electron chi connectivity index (χ4n) is 2.90. The van der Waals surface area contributed by atoms with Gasteiger partial charge in [0.2, 0.25) is 5.91 Å². The number of β-lactam (4-membered cyclic amide) rings is 1. The van der Waals surface area contributed by atoms with E-state index >= 15 is 0 Å². The Morgan fingerprint density at radius 3 is 2.69 bits per heavy atom. The Hall–Kier alpha value is -2.69. The van der Waals surface area contributed by atoms with Crippen LogP contribution in [0.5, 0.6) is 0 Å². The Balaban J connectivity index is 1.39. The lowest BCUT2D eigenvalue weighted by Crippen LogP contribution is -2.63. The van der Waals surface area contributed by atoms with Crippen molar-refractivity contribution in [3.8, 4) is 0 Å². The van der Waals surface area contributed by atoms with Crippen molar-refractivity contribution in [3.63, 3.8) is 0 Å². The predicted octanol–water partition coefficient (Wildman–Crippen LogP) is 3.52. The predicted molar refractivity (Wildman–Crippen MR) is 111 cm³/mol. The summed E-state index contributed by atoms with van der Waals surface area (Å²) < 4.78 is 1.80. The Labute approximate surface area is 178 Å². The lowest BCUT2D eigenvalue weighted by Gasteiger charge is -2.43. The highest BCUT2D eigenvalue weighted by molar-refractivity contribution is 8.01. The second kappa shape index (κ2) is 7.97. The third-order valence-electron chi connectivity index (χ3n) is 4.32. The number of thioether (sulfide) groups is 1. The van der Waals surface area contributed by atoms with Crippen LogP contribution in [0, 0.1) is 10.1 Å². The van der Waals surface area contributed by atoms with E-state index in [0.29, 0.717) is 5.56 Å². The number of fused-ring (bicyclic) bond motifs is 1. The number of amides is 2. The minimum absolute atomic E-state index is 0.0617. The number of nitrogens with one attached hydrogen (secondary N) is 1. The molecule has 1 fully saturated rings. The van der Waals surface area contributed by atoms with Crippen LogP contribution in [0.4, 0.5) is 5.69 Å². The highest BCUT2D eigenvalue weighted by Gasteiger charge is 2.48. The zero-order valence-corrected chi connectivity index (χ0v) is 17.0. The van der Waals surface area contributed by atoms with Crippen LogP contribution in [-0.4, -0.2) is 37.9 Å². The van der Waals surface area contributed by atoms with Crippen LogP contribution in [0.3, 0.4) is 0 Å². The van der Waals surface area contributed by atoms with Gasteiger partial charge in [-0.3, -0.25) is 25.1 Å². The molecule has 0 radical (unpaired) electrons. The molecular weight excluding hydrogens is 436 g/mol. The largest absolute Gasteiger partial charge is 0.272 e. The Morgan fingerprint density at radius 2 is 2.00 bits per heavy atom. The summed E-state index contributed by atoms with van der Waals surface area (Å²) in [4.78, 5) is 39.2. The molecule has 0 spiro atoms. The highest BCUT2D eigenvalue weighted by Crippen LogP contribution is 2.37. The van der Waals surface area contributed by atoms with Gasteiger partial charge in [0.05, 0.1) is 20.9 Å². The van der Waals surface area contributed by atoms with Gasteiger partial charge in [0.25, 0.3) is 11.6 Å². The zero-order valence-electron chi connectivity index (χ0n) is 14.6. The second-order valence-corrected chi connectivity index (χ2v) is 8.90. The number of carbonyl (C=O) groups is 2. The summed E-state index contributed by atoms with van der Waals surface area (Å²) in [7, 11) is 0. The van der Waals surface area contributed by atoms with Gasteiger partial charge in [-0.25, -0.2) is 9.99 Å². The molecule has 1 N–H and O–H groups in total. The lowest BCUT2D eigenvalue weighted by molar-refractivity contribution is -0.384. The normalized spacial score (nSPS) is 18.5. The van der Waals surface area contributed by atoms with E-state index in [2.05, 4.69) is 10.4 Å². The van der Waals surface area contributed by atoms with E-state index < -0.39 is 22.2 Å². The summed E-state index contributed by atoms with van der Waals surface area (Å²) in [5.41, 5.74) is 3.99. The average molecular weight is 449 g/mol. The van der Waals surface area contributed by atoms with Crippen molar-refractivity contribution >= 4 is 62.4 Å². The number of benzene rings is 2. The van der Waals surface area contributed by atoms with E-state index in [9.17, 15) is 19.7 Å². The molecule has 3 aromatic rings. The van der Waals surface area contributed by atoms with Crippen molar-refractivity contribution in [2.24, 2.45) is 0 Å². The maximum absolute atomic E-state index is 12.3. The van der Waals surface area contributed by atoms with Crippen molar-refractivity contribution in [2.75, 3.05) is 5.75 Å². The number of carbonyl (C=O) groups excluding carboxylic acids is 2. The van der Waals surface area contributed by atoms with Crippen LogP contribution >= 0.6 is 34.7 Å². The van der Waals surface area contributed by atoms with E-state index in [1.165, 1.54) is 52.4 Å². The first-order valence-electron chi connectivity index (χ1n) is 8.43. The fraction of sp³-hybridized carbons (Fsp3) is 0.167. The second-order valence-electron chi connectivity index (χ2n) is 6.17. The standard InChI is InChI=1S/C18H13ClN4O4S2/c19-15-16(10-5-7-11(8-6-10)23(26)27)22(17(15)25)21-14(24)9-28-18-20-12-3-1-2-4-13(12)29-18/h1-8,15-16H,9H2,(H,21,24). The van der Waals surface area contributed by atoms with Crippen LogP contribution in [-0.2, 0) is 9.59 Å². The molecule has 0 aliphatic carbocycles. The van der Waals surface area contributed by atoms with Gasteiger partial charge in [-0.1, -0.05) is 23.9 Å². The molecule has 0 bridgehead atoms. The fourth-order valence-corrected chi connectivity index (χ4v) is 5.12. The number of nitrogens with zero attached hydrogens (tertiary/aromatic N) is 3. The van der Waals surface area contributed by atoms with Crippen molar-refractivity contribution in [1.29, 1.82) is 0 Å². The lowest BCUT2D eigenvalue weighted by atomic mass is 9.95. The van der Waals surface area contributed by atoms with E-state index in [0.717, 1.165) is 14.6 Å². The number of non-ortho nitro benzene ring substituents is 1. The molecule has 4 rings (SSSR count). The number of nitro benzene ring substituents is 1. The molecule has 148 valence electrons. The Morgan fingerprint density at radius 1 is 1.28 bits per heavy atom. The zero-order chi connectivity index (χ0) is 20.5. The van der Waals surface area contributed by atoms with Crippen LogP contribution in [0.1, 0.15) is 11.6 Å². The maximum Gasteiger partial charge on any atom is 0.269 e. The van der Waals surface area contributed by atoms with Crippen LogP contribution < -0.4 is 5.43 Å². The molecule has 2 unspecified atom stereocenters. The summed E-state index contributed by atoms with van der Waals surface area (Å²) in [6.07, 6.45) is 0. The van der Waals surface area contributed by atoms with Gasteiger partial charge in [-0.15, -0.1) is 22.9 Å². The molecule has 1 aliphatic rings. The smallest absolute Gasteiger partial charge is 0.269 e. The number of hydrogen-bond donors (Lipinski definition) is 1. The highest BCUT2D eigenvalue weighted by atomic mass is 35.5. The number of aromatic nitrogens is 1. The average Bonchev–Trinajstić information content (AvgIpc) is 3.15. The summed E-state index contributed by atoms with van der Waals surface area (Å²) in [6, 6.07) is 12.9. The number of thiazole rings is 1. The first-order chi connectivity index (χ1) is 13.9. The molecular formula is C18H13ClN4O4S2. The Kier molecular flexibility index (Phi) is 5.39. The quantitative estimate of drug-likeness (QED) is 0.203. The summed E-state index contributed by atoms with van der Waals surface area (Å²) in [5.74, 6) is -0.699. The van der Waals surface area contributed by atoms with E-state index in [4.69, 9.17) is 11.6 Å². The van der Waals surface area contributed by atoms with Gasteiger partial charge < -0.3 is 0 Å². The third-order valence-corrected chi connectivity index (χ3v) is 6.93. The number of hydrazine groups is 1. The summed E-state index contributed by atoms with van der Waals surface area (Å²) in [5, 5.41) is 11.1. The minimum atomic E-state index is -0.839. The van der Waals surface area contributed by atoms with Crippen LogP contribution in [0.15, 0.2) is 52.9 Å². The van der Waals surface area contributed by atoms with E-state index in [1.54, 1.807) is 0 Å². The summed E-state index contributed by atoms with van der Waals surface area (Å²) in [6.45, 7) is 0. The molecule has 29 heavy (non-hydrogen) atoms. The van der Waals surface area contributed by atoms with Gasteiger partial charge in [0, 0.05) is 12.1 Å². The number of alkyl halides is 1. The Bertz CT molecular complexity index is 1070. The maximum atomic E-state index is 12.3. The molecule has 2 amide bonds. The monoisotopic (exact) mass is 448 g/mol. The van der Waals surface area contributed by atoms with Gasteiger partial charge in [-0.05, 0) is 29.8 Å². The molecule has 2 aromatic carbocycles. The number of hydrogen-bond acceptors (Lipinski definition) is 7. The van der Waals surface area contributed by atoms with Crippen LogP contribution in [0.25, 0.3) is 10.2 Å². The van der Waals surface area contributed by atoms with Crippen LogP contribution in [0.2, 0.25) is 0 Å². The molecule has 2 heterocycles. The molecule has 8 nitrogen and oxygen atoms in total. The molecule has 1 aromatic heterocycles. The first-order valence-corrected chi connectivity index (χ1v) is 10.7. The number of rotatable bonds is 6. The van der Waals surface area contributed by atoms with Gasteiger partial charge >= 0.3 is 0 Å². The molecule has 0 saturated carbocycles. The molecule has 11 heteroatoms. The molecule has 2 atom stereocenters. The third kappa shape index (κ3) is 3.91. The molecule has 1 saturated heterocycles. The van der Waals surface area contributed by atoms with Crippen molar-refractivity contribution in [3.05, 3.63) is 64.2 Å².